The SMILES string of the molecule is CN1CCN(c2ccc(Nc3ncc4c(n3)n(C3CCCC3)c(=O)c3nncn34)cc2)CC1. The van der Waals surface area contributed by atoms with Crippen LogP contribution in [-0.2, 0) is 0 Å². The first-order valence-electron chi connectivity index (χ1n) is 11.6. The highest BCUT2D eigenvalue weighted by Crippen LogP contribution is 2.31. The molecule has 1 saturated heterocycles. The van der Waals surface area contributed by atoms with Crippen LogP contribution in [0.15, 0.2) is 41.6 Å². The average Bonchev–Trinajstić information content (AvgIpc) is 3.53. The summed E-state index contributed by atoms with van der Waals surface area (Å²) >= 11 is 0. The molecule has 4 aromatic rings. The predicted octanol–water partition coefficient (Wildman–Crippen LogP) is 2.44. The molecular weight excluding hydrogens is 418 g/mol. The van der Waals surface area contributed by atoms with Gasteiger partial charge in [0, 0.05) is 43.6 Å². The van der Waals surface area contributed by atoms with E-state index in [0.29, 0.717) is 17.2 Å². The maximum absolute atomic E-state index is 13.2. The Morgan fingerprint density at radius 2 is 1.76 bits per heavy atom. The van der Waals surface area contributed by atoms with E-state index < -0.39 is 0 Å². The van der Waals surface area contributed by atoms with Crippen LogP contribution in [0.1, 0.15) is 31.7 Å². The fourth-order valence-corrected chi connectivity index (χ4v) is 4.99. The molecule has 0 radical (unpaired) electrons. The first kappa shape index (κ1) is 20.1. The molecule has 10 heteroatoms. The van der Waals surface area contributed by atoms with E-state index in [0.717, 1.165) is 63.1 Å². The number of hydrogen-bond acceptors (Lipinski definition) is 8. The van der Waals surface area contributed by atoms with Crippen molar-refractivity contribution in [3.8, 4) is 0 Å². The molecule has 2 fully saturated rings. The number of nitrogens with one attached hydrogen (secondary N) is 1. The topological polar surface area (TPSA) is 96.5 Å². The second kappa shape index (κ2) is 8.11. The van der Waals surface area contributed by atoms with Gasteiger partial charge in [-0.15, -0.1) is 10.2 Å². The van der Waals surface area contributed by atoms with Crippen molar-refractivity contribution in [2.24, 2.45) is 0 Å². The monoisotopic (exact) mass is 445 g/mol. The smallest absolute Gasteiger partial charge is 0.298 e. The number of anilines is 3. The van der Waals surface area contributed by atoms with E-state index in [1.807, 2.05) is 12.1 Å². The molecule has 33 heavy (non-hydrogen) atoms. The number of fused-ring (bicyclic) bond motifs is 3. The first-order valence-corrected chi connectivity index (χ1v) is 11.6. The van der Waals surface area contributed by atoms with Gasteiger partial charge in [-0.2, -0.15) is 4.98 Å². The summed E-state index contributed by atoms with van der Waals surface area (Å²) in [4.78, 5) is 27.3. The van der Waals surface area contributed by atoms with E-state index in [1.165, 1.54) is 5.69 Å². The number of benzene rings is 1. The molecule has 1 saturated carbocycles. The minimum Gasteiger partial charge on any atom is -0.369 e. The van der Waals surface area contributed by atoms with Gasteiger partial charge in [0.2, 0.25) is 11.6 Å². The molecule has 10 nitrogen and oxygen atoms in total. The van der Waals surface area contributed by atoms with Crippen molar-refractivity contribution < 1.29 is 0 Å². The van der Waals surface area contributed by atoms with Gasteiger partial charge in [0.05, 0.1) is 6.20 Å². The van der Waals surface area contributed by atoms with Gasteiger partial charge in [-0.1, -0.05) is 12.8 Å². The Morgan fingerprint density at radius 1 is 1.00 bits per heavy atom. The normalized spacial score (nSPS) is 17.9. The summed E-state index contributed by atoms with van der Waals surface area (Å²) in [7, 11) is 2.16. The maximum Gasteiger partial charge on any atom is 0.298 e. The largest absolute Gasteiger partial charge is 0.369 e. The van der Waals surface area contributed by atoms with Gasteiger partial charge in [0.1, 0.15) is 11.8 Å². The zero-order valence-electron chi connectivity index (χ0n) is 18.7. The third kappa shape index (κ3) is 3.60. The van der Waals surface area contributed by atoms with Gasteiger partial charge < -0.3 is 15.1 Å². The molecule has 1 N–H and O–H groups in total. The third-order valence-electron chi connectivity index (χ3n) is 6.88. The molecule has 4 heterocycles. The zero-order chi connectivity index (χ0) is 22.4. The predicted molar refractivity (Wildman–Crippen MR) is 127 cm³/mol. The second-order valence-electron chi connectivity index (χ2n) is 9.00. The fourth-order valence-electron chi connectivity index (χ4n) is 4.99. The summed E-state index contributed by atoms with van der Waals surface area (Å²) in [5.74, 6) is 0.466. The number of nitrogens with zero attached hydrogens (tertiary/aromatic N) is 8. The minimum absolute atomic E-state index is 0.132. The van der Waals surface area contributed by atoms with Crippen LogP contribution in [0.25, 0.3) is 16.8 Å². The van der Waals surface area contributed by atoms with Gasteiger partial charge in [-0.05, 0) is 44.2 Å². The second-order valence-corrected chi connectivity index (χ2v) is 9.00. The highest BCUT2D eigenvalue weighted by atomic mass is 16.1. The fraction of sp³-hybridized carbons (Fsp3) is 0.435. The molecule has 1 aliphatic carbocycles. The van der Waals surface area contributed by atoms with E-state index >= 15 is 0 Å². The number of aromatic nitrogens is 6. The maximum atomic E-state index is 13.2. The molecule has 6 rings (SSSR count). The van der Waals surface area contributed by atoms with Crippen molar-refractivity contribution in [2.45, 2.75) is 31.7 Å². The van der Waals surface area contributed by atoms with Gasteiger partial charge in [0.15, 0.2) is 5.65 Å². The summed E-state index contributed by atoms with van der Waals surface area (Å²) in [6.45, 7) is 4.22. The van der Waals surface area contributed by atoms with Crippen molar-refractivity contribution in [3.63, 3.8) is 0 Å². The summed E-state index contributed by atoms with van der Waals surface area (Å²) in [6, 6.07) is 8.49. The summed E-state index contributed by atoms with van der Waals surface area (Å²) < 4.78 is 3.48. The number of rotatable bonds is 4. The summed E-state index contributed by atoms with van der Waals surface area (Å²) in [5, 5.41) is 11.3. The molecule has 0 amide bonds. The Morgan fingerprint density at radius 3 is 2.52 bits per heavy atom. The Kier molecular flexibility index (Phi) is 4.94. The van der Waals surface area contributed by atoms with E-state index in [9.17, 15) is 4.79 Å². The lowest BCUT2D eigenvalue weighted by atomic mass is 10.2. The van der Waals surface area contributed by atoms with Gasteiger partial charge in [0.25, 0.3) is 5.56 Å². The summed E-state index contributed by atoms with van der Waals surface area (Å²) in [5.41, 5.74) is 3.65. The molecule has 0 bridgehead atoms. The molecule has 0 atom stereocenters. The van der Waals surface area contributed by atoms with Crippen molar-refractivity contribution in [3.05, 3.63) is 47.1 Å². The molecule has 3 aromatic heterocycles. The zero-order valence-corrected chi connectivity index (χ0v) is 18.7. The number of hydrogen-bond donors (Lipinski definition) is 1. The van der Waals surface area contributed by atoms with E-state index in [1.54, 1.807) is 21.5 Å². The lowest BCUT2D eigenvalue weighted by Crippen LogP contribution is -2.44. The molecule has 0 unspecified atom stereocenters. The molecule has 1 aliphatic heterocycles. The van der Waals surface area contributed by atoms with Crippen LogP contribution in [-0.4, -0.2) is 67.3 Å². The van der Waals surface area contributed by atoms with Crippen LogP contribution >= 0.6 is 0 Å². The molecule has 170 valence electrons. The highest BCUT2D eigenvalue weighted by molar-refractivity contribution is 5.75. The van der Waals surface area contributed by atoms with Crippen LogP contribution in [0.2, 0.25) is 0 Å². The van der Waals surface area contributed by atoms with Crippen LogP contribution in [0.5, 0.6) is 0 Å². The molecule has 2 aliphatic rings. The van der Waals surface area contributed by atoms with Gasteiger partial charge in [-0.25, -0.2) is 4.98 Å². The van der Waals surface area contributed by atoms with E-state index in [2.05, 4.69) is 49.5 Å². The Hall–Kier alpha value is -3.53. The summed E-state index contributed by atoms with van der Waals surface area (Å²) in [6.07, 6.45) is 7.47. The molecular formula is C23H27N9O. The minimum atomic E-state index is -0.145. The third-order valence-corrected chi connectivity index (χ3v) is 6.88. The van der Waals surface area contributed by atoms with Gasteiger partial charge >= 0.3 is 0 Å². The standard InChI is InChI=1S/C23H27N9O/c1-29-10-12-30(13-11-29)17-8-6-16(7-9-17)26-23-24-14-19-20(27-23)32(18-4-2-3-5-18)22(33)21-28-25-15-31(19)21/h6-9,14-15,18H,2-5,10-13H2,1H3,(H,24,26,27). The van der Waals surface area contributed by atoms with Crippen LogP contribution < -0.4 is 15.8 Å². The Balaban J connectivity index is 1.33. The van der Waals surface area contributed by atoms with Crippen LogP contribution in [0.4, 0.5) is 17.3 Å². The van der Waals surface area contributed by atoms with Crippen molar-refractivity contribution in [1.29, 1.82) is 0 Å². The van der Waals surface area contributed by atoms with E-state index in [-0.39, 0.29) is 11.6 Å². The lowest BCUT2D eigenvalue weighted by Gasteiger charge is -2.34. The van der Waals surface area contributed by atoms with Crippen molar-refractivity contribution >= 4 is 34.1 Å². The first-order chi connectivity index (χ1) is 16.2. The highest BCUT2D eigenvalue weighted by Gasteiger charge is 2.24. The van der Waals surface area contributed by atoms with Gasteiger partial charge in [-0.3, -0.25) is 13.8 Å². The lowest BCUT2D eigenvalue weighted by molar-refractivity contribution is 0.313. The quantitative estimate of drug-likeness (QED) is 0.512. The molecule has 1 aromatic carbocycles. The Labute approximate surface area is 190 Å². The molecule has 0 spiro atoms. The van der Waals surface area contributed by atoms with Crippen LogP contribution in [0, 0.1) is 0 Å². The number of piperazine rings is 1. The van der Waals surface area contributed by atoms with E-state index in [4.69, 9.17) is 4.98 Å². The number of likely N-dealkylation sites (N-methyl/N-ethyl adjacent to an activating group) is 1. The van der Waals surface area contributed by atoms with Crippen LogP contribution in [0.3, 0.4) is 0 Å². The van der Waals surface area contributed by atoms with Crippen molar-refractivity contribution in [2.75, 3.05) is 43.4 Å². The van der Waals surface area contributed by atoms with Crippen molar-refractivity contribution in [1.82, 2.24) is 34.0 Å². The Bertz CT molecular complexity index is 1350. The average molecular weight is 446 g/mol.